The predicted molar refractivity (Wildman–Crippen MR) is 87.9 cm³/mol. The largest absolute Gasteiger partial charge is 0.365 e. The number of ether oxygens (including phenoxy) is 1. The standard InChI is InChI=1S/C16H22N6O2/c1-11-3-4-13(24-11)16(23)21-7-5-20(6-8-21)15-10-17-9-14-18-12(2)19-22(14)15/h9-11,13H,3-8H2,1-2H3. The summed E-state index contributed by atoms with van der Waals surface area (Å²) in [6.45, 7) is 6.80. The van der Waals surface area contributed by atoms with Crippen molar-refractivity contribution in [3.8, 4) is 0 Å². The maximum absolute atomic E-state index is 12.5. The summed E-state index contributed by atoms with van der Waals surface area (Å²) in [7, 11) is 0. The Morgan fingerprint density at radius 2 is 2.00 bits per heavy atom. The van der Waals surface area contributed by atoms with Gasteiger partial charge in [0.05, 0.1) is 18.5 Å². The fourth-order valence-electron chi connectivity index (χ4n) is 3.47. The minimum atomic E-state index is -0.255. The van der Waals surface area contributed by atoms with Crippen molar-refractivity contribution in [2.75, 3.05) is 31.1 Å². The van der Waals surface area contributed by atoms with Crippen molar-refractivity contribution in [3.63, 3.8) is 0 Å². The quantitative estimate of drug-likeness (QED) is 0.805. The van der Waals surface area contributed by atoms with Crippen LogP contribution in [0, 0.1) is 6.92 Å². The number of carbonyl (C=O) groups is 1. The summed E-state index contributed by atoms with van der Waals surface area (Å²) in [5.74, 6) is 1.78. The highest BCUT2D eigenvalue weighted by molar-refractivity contribution is 5.81. The van der Waals surface area contributed by atoms with Crippen molar-refractivity contribution in [2.45, 2.75) is 38.9 Å². The lowest BCUT2D eigenvalue weighted by Crippen LogP contribution is -2.52. The second-order valence-electron chi connectivity index (χ2n) is 6.52. The predicted octanol–water partition coefficient (Wildman–Crippen LogP) is 0.649. The van der Waals surface area contributed by atoms with Gasteiger partial charge in [0, 0.05) is 26.2 Å². The van der Waals surface area contributed by atoms with Crippen molar-refractivity contribution in [2.24, 2.45) is 0 Å². The first kappa shape index (κ1) is 15.3. The molecule has 8 nitrogen and oxygen atoms in total. The third-order valence-electron chi connectivity index (χ3n) is 4.76. The molecule has 2 fully saturated rings. The minimum Gasteiger partial charge on any atom is -0.365 e. The first-order valence-corrected chi connectivity index (χ1v) is 8.48. The molecule has 0 aromatic carbocycles. The molecule has 0 N–H and O–H groups in total. The van der Waals surface area contributed by atoms with Crippen molar-refractivity contribution < 1.29 is 9.53 Å². The highest BCUT2D eigenvalue weighted by Crippen LogP contribution is 2.22. The molecular formula is C16H22N6O2. The number of hydrogen-bond acceptors (Lipinski definition) is 6. The van der Waals surface area contributed by atoms with Crippen molar-refractivity contribution in [3.05, 3.63) is 18.2 Å². The van der Waals surface area contributed by atoms with Gasteiger partial charge in [-0.25, -0.2) is 4.98 Å². The number of rotatable bonds is 2. The maximum Gasteiger partial charge on any atom is 0.251 e. The first-order chi connectivity index (χ1) is 11.6. The van der Waals surface area contributed by atoms with E-state index in [1.807, 2.05) is 23.3 Å². The van der Waals surface area contributed by atoms with E-state index in [1.165, 1.54) is 0 Å². The van der Waals surface area contributed by atoms with Gasteiger partial charge >= 0.3 is 0 Å². The summed E-state index contributed by atoms with van der Waals surface area (Å²) in [4.78, 5) is 25.3. The fraction of sp³-hybridized carbons (Fsp3) is 0.625. The molecule has 4 rings (SSSR count). The smallest absolute Gasteiger partial charge is 0.251 e. The lowest BCUT2D eigenvalue weighted by Gasteiger charge is -2.36. The molecule has 0 saturated carbocycles. The van der Waals surface area contributed by atoms with E-state index in [0.717, 1.165) is 43.2 Å². The van der Waals surface area contributed by atoms with Crippen LogP contribution in [0.15, 0.2) is 12.4 Å². The number of piperazine rings is 1. The van der Waals surface area contributed by atoms with Gasteiger partial charge in [-0.1, -0.05) is 0 Å². The molecule has 1 amide bonds. The Morgan fingerprint density at radius 1 is 1.21 bits per heavy atom. The molecule has 2 atom stereocenters. The highest BCUT2D eigenvalue weighted by atomic mass is 16.5. The maximum atomic E-state index is 12.5. The number of aromatic nitrogens is 4. The molecule has 2 aromatic heterocycles. The average Bonchev–Trinajstić information content (AvgIpc) is 3.18. The molecule has 0 radical (unpaired) electrons. The number of carbonyl (C=O) groups excluding carboxylic acids is 1. The monoisotopic (exact) mass is 330 g/mol. The number of nitrogens with zero attached hydrogens (tertiary/aromatic N) is 6. The molecule has 2 aliphatic rings. The molecule has 128 valence electrons. The van der Waals surface area contributed by atoms with E-state index < -0.39 is 0 Å². The summed E-state index contributed by atoms with van der Waals surface area (Å²) in [5.41, 5.74) is 0.747. The molecule has 0 aliphatic carbocycles. The summed E-state index contributed by atoms with van der Waals surface area (Å²) in [6, 6.07) is 0. The Labute approximate surface area is 140 Å². The Bertz CT molecular complexity index is 752. The second-order valence-corrected chi connectivity index (χ2v) is 6.52. The Hall–Kier alpha value is -2.22. The summed E-state index contributed by atoms with van der Waals surface area (Å²) < 4.78 is 7.53. The van der Waals surface area contributed by atoms with Crippen LogP contribution in [0.1, 0.15) is 25.6 Å². The number of amides is 1. The lowest BCUT2D eigenvalue weighted by atomic mass is 10.2. The zero-order chi connectivity index (χ0) is 16.7. The number of fused-ring (bicyclic) bond motifs is 1. The van der Waals surface area contributed by atoms with Crippen LogP contribution in [0.4, 0.5) is 5.82 Å². The van der Waals surface area contributed by atoms with E-state index >= 15 is 0 Å². The van der Waals surface area contributed by atoms with Crippen LogP contribution in [-0.4, -0.2) is 68.8 Å². The molecule has 2 saturated heterocycles. The molecule has 4 heterocycles. The molecule has 24 heavy (non-hydrogen) atoms. The number of anilines is 1. The molecule has 2 unspecified atom stereocenters. The van der Waals surface area contributed by atoms with Crippen LogP contribution in [-0.2, 0) is 9.53 Å². The van der Waals surface area contributed by atoms with Crippen molar-refractivity contribution >= 4 is 17.4 Å². The minimum absolute atomic E-state index is 0.131. The molecule has 2 aliphatic heterocycles. The van der Waals surface area contributed by atoms with Gasteiger partial charge in [-0.3, -0.25) is 9.78 Å². The van der Waals surface area contributed by atoms with Gasteiger partial charge in [-0.2, -0.15) is 4.52 Å². The Kier molecular flexibility index (Phi) is 3.84. The SMILES string of the molecule is Cc1nc2cncc(N3CCN(C(=O)C4CCC(C)O4)CC3)n2n1. The molecule has 0 bridgehead atoms. The molecule has 0 spiro atoms. The van der Waals surface area contributed by atoms with Crippen LogP contribution in [0.5, 0.6) is 0 Å². The Balaban J connectivity index is 1.45. The van der Waals surface area contributed by atoms with Crippen LogP contribution in [0.3, 0.4) is 0 Å². The zero-order valence-corrected chi connectivity index (χ0v) is 14.1. The van der Waals surface area contributed by atoms with Gasteiger partial charge in [0.15, 0.2) is 11.5 Å². The van der Waals surface area contributed by atoms with E-state index in [2.05, 4.69) is 20.0 Å². The number of hydrogen-bond donors (Lipinski definition) is 0. The topological polar surface area (TPSA) is 75.9 Å². The fourth-order valence-corrected chi connectivity index (χ4v) is 3.47. The Morgan fingerprint density at radius 3 is 2.71 bits per heavy atom. The van der Waals surface area contributed by atoms with E-state index in [-0.39, 0.29) is 18.1 Å². The normalized spacial score (nSPS) is 24.8. The van der Waals surface area contributed by atoms with E-state index in [4.69, 9.17) is 4.74 Å². The molecule has 8 heteroatoms. The molecular weight excluding hydrogens is 308 g/mol. The third kappa shape index (κ3) is 2.71. The van der Waals surface area contributed by atoms with Gasteiger partial charge in [0.1, 0.15) is 11.9 Å². The summed E-state index contributed by atoms with van der Waals surface area (Å²) >= 11 is 0. The van der Waals surface area contributed by atoms with Crippen LogP contribution in [0.2, 0.25) is 0 Å². The van der Waals surface area contributed by atoms with Gasteiger partial charge in [-0.15, -0.1) is 5.10 Å². The third-order valence-corrected chi connectivity index (χ3v) is 4.76. The van der Waals surface area contributed by atoms with Gasteiger partial charge in [0.25, 0.3) is 5.91 Å². The van der Waals surface area contributed by atoms with Crippen molar-refractivity contribution in [1.82, 2.24) is 24.5 Å². The summed E-state index contributed by atoms with van der Waals surface area (Å²) in [6.07, 6.45) is 5.26. The number of aryl methyl sites for hydroxylation is 1. The van der Waals surface area contributed by atoms with Crippen molar-refractivity contribution in [1.29, 1.82) is 0 Å². The molecule has 2 aromatic rings. The summed E-state index contributed by atoms with van der Waals surface area (Å²) in [5, 5.41) is 4.44. The van der Waals surface area contributed by atoms with E-state index in [1.54, 1.807) is 12.4 Å². The van der Waals surface area contributed by atoms with Crippen LogP contribution < -0.4 is 4.90 Å². The second kappa shape index (κ2) is 6.01. The van der Waals surface area contributed by atoms with Crippen LogP contribution >= 0.6 is 0 Å². The lowest BCUT2D eigenvalue weighted by molar-refractivity contribution is -0.142. The average molecular weight is 330 g/mol. The highest BCUT2D eigenvalue weighted by Gasteiger charge is 2.33. The van der Waals surface area contributed by atoms with Gasteiger partial charge < -0.3 is 14.5 Å². The zero-order valence-electron chi connectivity index (χ0n) is 14.1. The van der Waals surface area contributed by atoms with Crippen LogP contribution in [0.25, 0.3) is 5.65 Å². The van der Waals surface area contributed by atoms with E-state index in [9.17, 15) is 4.79 Å². The van der Waals surface area contributed by atoms with Gasteiger partial charge in [0.2, 0.25) is 0 Å². The van der Waals surface area contributed by atoms with E-state index in [0.29, 0.717) is 13.1 Å². The first-order valence-electron chi connectivity index (χ1n) is 8.48. The van der Waals surface area contributed by atoms with Gasteiger partial charge in [-0.05, 0) is 26.7 Å².